The number of ether oxygens (including phenoxy) is 1. The molecule has 0 spiro atoms. The summed E-state index contributed by atoms with van der Waals surface area (Å²) < 4.78 is 4.98. The highest BCUT2D eigenvalue weighted by atomic mass is 16.5. The number of nitrogens with zero attached hydrogens (tertiary/aromatic N) is 1. The number of carbonyl (C=O) groups is 2. The summed E-state index contributed by atoms with van der Waals surface area (Å²) in [7, 11) is 3.13. The summed E-state index contributed by atoms with van der Waals surface area (Å²) in [5, 5.41) is 5.33. The Bertz CT molecular complexity index is 722. The lowest BCUT2D eigenvalue weighted by atomic mass is 10.1. The summed E-state index contributed by atoms with van der Waals surface area (Å²) in [5.41, 5.74) is 2.29. The molecular formula is C18H19N3O3. The summed E-state index contributed by atoms with van der Waals surface area (Å²) in [6.07, 6.45) is 4.79. The maximum Gasteiger partial charge on any atom is 0.251 e. The molecule has 1 aromatic carbocycles. The largest absolute Gasteiger partial charge is 0.481 e. The Balaban J connectivity index is 1.86. The van der Waals surface area contributed by atoms with E-state index in [9.17, 15) is 9.59 Å². The molecule has 0 saturated carbocycles. The van der Waals surface area contributed by atoms with E-state index < -0.39 is 0 Å². The van der Waals surface area contributed by atoms with Gasteiger partial charge in [-0.25, -0.2) is 4.98 Å². The number of hydrogen-bond acceptors (Lipinski definition) is 4. The maximum absolute atomic E-state index is 11.8. The first-order chi connectivity index (χ1) is 11.6. The molecule has 2 amide bonds. The van der Waals surface area contributed by atoms with Crippen LogP contribution in [0, 0.1) is 0 Å². The number of pyridine rings is 1. The number of methoxy groups -OCH3 is 1. The Morgan fingerprint density at radius 3 is 2.50 bits per heavy atom. The van der Waals surface area contributed by atoms with E-state index in [1.165, 1.54) is 6.08 Å². The molecule has 0 aliphatic rings. The van der Waals surface area contributed by atoms with E-state index >= 15 is 0 Å². The second kappa shape index (κ2) is 8.47. The molecule has 0 fully saturated rings. The van der Waals surface area contributed by atoms with Gasteiger partial charge in [0.1, 0.15) is 0 Å². The zero-order valence-electron chi connectivity index (χ0n) is 13.6. The van der Waals surface area contributed by atoms with Crippen LogP contribution in [0.15, 0.2) is 48.7 Å². The highest BCUT2D eigenvalue weighted by Crippen LogP contribution is 2.07. The molecule has 0 atom stereocenters. The van der Waals surface area contributed by atoms with Crippen LogP contribution in [0.25, 0.3) is 6.08 Å². The lowest BCUT2D eigenvalue weighted by molar-refractivity contribution is -0.116. The SMILES string of the molecule is CNC(=O)c1ccc(C=CC(=O)NCc2ccc(OC)nc2)cc1. The molecule has 1 heterocycles. The van der Waals surface area contributed by atoms with Crippen molar-refractivity contribution in [2.45, 2.75) is 6.54 Å². The van der Waals surface area contributed by atoms with Gasteiger partial charge in [0, 0.05) is 37.5 Å². The van der Waals surface area contributed by atoms with Gasteiger partial charge in [0.15, 0.2) is 0 Å². The van der Waals surface area contributed by atoms with E-state index in [0.29, 0.717) is 18.0 Å². The van der Waals surface area contributed by atoms with Crippen molar-refractivity contribution >= 4 is 17.9 Å². The van der Waals surface area contributed by atoms with Crippen LogP contribution < -0.4 is 15.4 Å². The third-order valence-electron chi connectivity index (χ3n) is 3.30. The Labute approximate surface area is 140 Å². The molecule has 1 aromatic heterocycles. The zero-order valence-corrected chi connectivity index (χ0v) is 13.6. The molecule has 2 aromatic rings. The second-order valence-electron chi connectivity index (χ2n) is 4.96. The lowest BCUT2D eigenvalue weighted by Gasteiger charge is -2.03. The van der Waals surface area contributed by atoms with Gasteiger partial charge in [0.05, 0.1) is 7.11 Å². The third kappa shape index (κ3) is 4.95. The van der Waals surface area contributed by atoms with Crippen molar-refractivity contribution in [3.63, 3.8) is 0 Å². The lowest BCUT2D eigenvalue weighted by Crippen LogP contribution is -2.20. The molecule has 6 heteroatoms. The Morgan fingerprint density at radius 2 is 1.92 bits per heavy atom. The molecule has 0 radical (unpaired) electrons. The fraction of sp³-hybridized carbons (Fsp3) is 0.167. The number of rotatable bonds is 6. The van der Waals surface area contributed by atoms with Crippen LogP contribution in [-0.2, 0) is 11.3 Å². The minimum absolute atomic E-state index is 0.142. The van der Waals surface area contributed by atoms with E-state index in [4.69, 9.17) is 4.74 Å². The molecule has 0 saturated heterocycles. The zero-order chi connectivity index (χ0) is 17.4. The van der Waals surface area contributed by atoms with Gasteiger partial charge in [-0.2, -0.15) is 0 Å². The molecule has 2 N–H and O–H groups in total. The summed E-state index contributed by atoms with van der Waals surface area (Å²) >= 11 is 0. The summed E-state index contributed by atoms with van der Waals surface area (Å²) in [6, 6.07) is 10.6. The maximum atomic E-state index is 11.8. The minimum atomic E-state index is -0.207. The van der Waals surface area contributed by atoms with E-state index in [1.807, 2.05) is 6.07 Å². The second-order valence-corrected chi connectivity index (χ2v) is 4.96. The molecule has 124 valence electrons. The number of hydrogen-bond donors (Lipinski definition) is 2. The quantitative estimate of drug-likeness (QED) is 0.793. The van der Waals surface area contributed by atoms with Gasteiger partial charge in [-0.15, -0.1) is 0 Å². The van der Waals surface area contributed by atoms with Gasteiger partial charge < -0.3 is 15.4 Å². The molecule has 2 rings (SSSR count). The van der Waals surface area contributed by atoms with Crippen LogP contribution in [0.1, 0.15) is 21.5 Å². The molecule has 6 nitrogen and oxygen atoms in total. The van der Waals surface area contributed by atoms with Crippen molar-refractivity contribution in [3.05, 3.63) is 65.4 Å². The molecule has 0 unspecified atom stereocenters. The smallest absolute Gasteiger partial charge is 0.251 e. The van der Waals surface area contributed by atoms with Crippen LogP contribution in [0.3, 0.4) is 0 Å². The monoisotopic (exact) mass is 325 g/mol. The summed E-state index contributed by atoms with van der Waals surface area (Å²) in [5.74, 6) is 0.183. The van der Waals surface area contributed by atoms with E-state index in [2.05, 4.69) is 15.6 Å². The van der Waals surface area contributed by atoms with Crippen molar-refractivity contribution < 1.29 is 14.3 Å². The average Bonchev–Trinajstić information content (AvgIpc) is 2.64. The standard InChI is InChI=1S/C18H19N3O3/c1-19-18(23)15-7-3-13(4-8-15)5-9-16(22)20-11-14-6-10-17(24-2)21-12-14/h3-10,12H,11H2,1-2H3,(H,19,23)(H,20,22). The number of aromatic nitrogens is 1. The van der Waals surface area contributed by atoms with Crippen molar-refractivity contribution in [1.29, 1.82) is 0 Å². The third-order valence-corrected chi connectivity index (χ3v) is 3.30. The van der Waals surface area contributed by atoms with Gasteiger partial charge in [-0.05, 0) is 29.3 Å². The molecule has 0 aliphatic carbocycles. The van der Waals surface area contributed by atoms with Crippen LogP contribution in [0.4, 0.5) is 0 Å². The minimum Gasteiger partial charge on any atom is -0.481 e. The van der Waals surface area contributed by atoms with Crippen LogP contribution >= 0.6 is 0 Å². The van der Waals surface area contributed by atoms with Gasteiger partial charge in [0.2, 0.25) is 11.8 Å². The predicted molar refractivity (Wildman–Crippen MR) is 91.5 cm³/mol. The highest BCUT2D eigenvalue weighted by Gasteiger charge is 2.02. The Hall–Kier alpha value is -3.15. The van der Waals surface area contributed by atoms with Crippen molar-refractivity contribution in [1.82, 2.24) is 15.6 Å². The Morgan fingerprint density at radius 1 is 1.17 bits per heavy atom. The first-order valence-electron chi connectivity index (χ1n) is 7.39. The normalized spacial score (nSPS) is 10.4. The fourth-order valence-electron chi connectivity index (χ4n) is 1.95. The van der Waals surface area contributed by atoms with Crippen LogP contribution in [0.5, 0.6) is 5.88 Å². The van der Waals surface area contributed by atoms with E-state index in [0.717, 1.165) is 11.1 Å². The van der Waals surface area contributed by atoms with Crippen molar-refractivity contribution in [2.24, 2.45) is 0 Å². The number of amides is 2. The number of nitrogens with one attached hydrogen (secondary N) is 2. The topological polar surface area (TPSA) is 80.3 Å². The summed E-state index contributed by atoms with van der Waals surface area (Å²) in [4.78, 5) is 27.3. The molecule has 24 heavy (non-hydrogen) atoms. The van der Waals surface area contributed by atoms with E-state index in [-0.39, 0.29) is 11.8 Å². The molecular weight excluding hydrogens is 306 g/mol. The number of benzene rings is 1. The summed E-state index contributed by atoms with van der Waals surface area (Å²) in [6.45, 7) is 0.385. The predicted octanol–water partition coefficient (Wildman–Crippen LogP) is 1.78. The van der Waals surface area contributed by atoms with Gasteiger partial charge in [0.25, 0.3) is 5.91 Å². The molecule has 0 aliphatic heterocycles. The fourth-order valence-corrected chi connectivity index (χ4v) is 1.95. The average molecular weight is 325 g/mol. The van der Waals surface area contributed by atoms with Crippen LogP contribution in [-0.4, -0.2) is 31.0 Å². The highest BCUT2D eigenvalue weighted by molar-refractivity contribution is 5.94. The van der Waals surface area contributed by atoms with Crippen LogP contribution in [0.2, 0.25) is 0 Å². The van der Waals surface area contributed by atoms with Gasteiger partial charge >= 0.3 is 0 Å². The van der Waals surface area contributed by atoms with Gasteiger partial charge in [-0.3, -0.25) is 9.59 Å². The van der Waals surface area contributed by atoms with Crippen molar-refractivity contribution in [2.75, 3.05) is 14.2 Å². The van der Waals surface area contributed by atoms with Crippen molar-refractivity contribution in [3.8, 4) is 5.88 Å². The van der Waals surface area contributed by atoms with E-state index in [1.54, 1.807) is 56.8 Å². The van der Waals surface area contributed by atoms with Gasteiger partial charge in [-0.1, -0.05) is 18.2 Å². The first-order valence-corrected chi connectivity index (χ1v) is 7.39. The number of carbonyl (C=O) groups excluding carboxylic acids is 2. The first kappa shape index (κ1) is 17.2. The molecule has 0 bridgehead atoms. The Kier molecular flexibility index (Phi) is 6.08.